The van der Waals surface area contributed by atoms with Crippen molar-refractivity contribution in [1.82, 2.24) is 10.3 Å². The average molecular weight is 260 g/mol. The van der Waals surface area contributed by atoms with Crippen molar-refractivity contribution in [2.75, 3.05) is 6.61 Å². The molecule has 0 saturated heterocycles. The maximum absolute atomic E-state index is 11.8. The first-order valence-corrected chi connectivity index (χ1v) is 6.52. The van der Waals surface area contributed by atoms with Gasteiger partial charge in [0.15, 0.2) is 0 Å². The largest absolute Gasteiger partial charge is 0.465 e. The third-order valence-electron chi connectivity index (χ3n) is 3.18. The van der Waals surface area contributed by atoms with Crippen molar-refractivity contribution >= 4 is 16.9 Å². The van der Waals surface area contributed by atoms with Crippen LogP contribution in [0, 0.1) is 0 Å². The number of benzene rings is 1. The Labute approximate surface area is 113 Å². The number of fused-ring (bicyclic) bond motifs is 1. The summed E-state index contributed by atoms with van der Waals surface area (Å²) >= 11 is 0. The van der Waals surface area contributed by atoms with Crippen LogP contribution in [0.1, 0.15) is 26.3 Å². The Balaban J connectivity index is 2.08. The van der Waals surface area contributed by atoms with E-state index in [0.29, 0.717) is 13.2 Å². The van der Waals surface area contributed by atoms with Gasteiger partial charge in [-0.1, -0.05) is 18.2 Å². The van der Waals surface area contributed by atoms with E-state index in [1.54, 1.807) is 0 Å². The molecule has 1 aromatic carbocycles. The number of nitrogens with one attached hydrogen (secondary N) is 2. The van der Waals surface area contributed by atoms with Crippen molar-refractivity contribution < 1.29 is 9.53 Å². The van der Waals surface area contributed by atoms with E-state index < -0.39 is 5.54 Å². The molecule has 0 bridgehead atoms. The lowest BCUT2D eigenvalue weighted by Crippen LogP contribution is -2.47. The van der Waals surface area contributed by atoms with E-state index >= 15 is 0 Å². The van der Waals surface area contributed by atoms with Crippen LogP contribution in [0.3, 0.4) is 0 Å². The van der Waals surface area contributed by atoms with Crippen LogP contribution in [0.25, 0.3) is 10.9 Å². The van der Waals surface area contributed by atoms with Crippen LogP contribution in [0.5, 0.6) is 0 Å². The van der Waals surface area contributed by atoms with Crippen molar-refractivity contribution in [2.24, 2.45) is 0 Å². The zero-order valence-electron chi connectivity index (χ0n) is 11.6. The highest BCUT2D eigenvalue weighted by atomic mass is 16.5. The van der Waals surface area contributed by atoms with Gasteiger partial charge < -0.3 is 9.72 Å². The van der Waals surface area contributed by atoms with Crippen molar-refractivity contribution in [3.05, 3.63) is 36.0 Å². The molecule has 2 rings (SSSR count). The fourth-order valence-electron chi connectivity index (χ4n) is 1.98. The van der Waals surface area contributed by atoms with E-state index in [1.807, 2.05) is 45.2 Å². The summed E-state index contributed by atoms with van der Waals surface area (Å²) in [7, 11) is 0. The Hall–Kier alpha value is -1.81. The third kappa shape index (κ3) is 2.96. The van der Waals surface area contributed by atoms with Crippen molar-refractivity contribution in [2.45, 2.75) is 32.9 Å². The number of carbonyl (C=O) groups excluding carboxylic acids is 1. The van der Waals surface area contributed by atoms with Gasteiger partial charge in [-0.15, -0.1) is 0 Å². The van der Waals surface area contributed by atoms with Crippen LogP contribution in [0.4, 0.5) is 0 Å². The molecule has 0 fully saturated rings. The second kappa shape index (κ2) is 5.45. The Bertz CT molecular complexity index is 572. The lowest BCUT2D eigenvalue weighted by molar-refractivity contribution is -0.149. The van der Waals surface area contributed by atoms with Gasteiger partial charge in [-0.05, 0) is 32.4 Å². The van der Waals surface area contributed by atoms with Gasteiger partial charge in [0, 0.05) is 23.6 Å². The molecule has 0 atom stereocenters. The van der Waals surface area contributed by atoms with E-state index in [4.69, 9.17) is 4.74 Å². The smallest absolute Gasteiger partial charge is 0.325 e. The first kappa shape index (κ1) is 13.6. The Morgan fingerprint density at radius 1 is 1.37 bits per heavy atom. The highest BCUT2D eigenvalue weighted by Crippen LogP contribution is 2.18. The zero-order valence-corrected chi connectivity index (χ0v) is 11.6. The second-order valence-electron chi connectivity index (χ2n) is 5.06. The van der Waals surface area contributed by atoms with Crippen LogP contribution < -0.4 is 5.32 Å². The standard InChI is InChI=1S/C15H20N2O2/c1-4-19-14(18)15(2,3)17-10-11-9-16-13-8-6-5-7-12(11)13/h5-9,16-17H,4,10H2,1-3H3. The predicted octanol–water partition coefficient (Wildman–Crippen LogP) is 2.60. The van der Waals surface area contributed by atoms with Gasteiger partial charge in [-0.3, -0.25) is 10.1 Å². The van der Waals surface area contributed by atoms with Crippen LogP contribution in [0.2, 0.25) is 0 Å². The quantitative estimate of drug-likeness (QED) is 0.812. The minimum absolute atomic E-state index is 0.227. The predicted molar refractivity (Wildman–Crippen MR) is 75.9 cm³/mol. The number of hydrogen-bond acceptors (Lipinski definition) is 3. The van der Waals surface area contributed by atoms with E-state index in [9.17, 15) is 4.79 Å². The van der Waals surface area contributed by atoms with Gasteiger partial charge >= 0.3 is 5.97 Å². The number of aromatic nitrogens is 1. The molecule has 0 amide bonds. The minimum atomic E-state index is -0.686. The highest BCUT2D eigenvalue weighted by Gasteiger charge is 2.28. The minimum Gasteiger partial charge on any atom is -0.465 e. The molecule has 0 saturated carbocycles. The van der Waals surface area contributed by atoms with E-state index in [1.165, 1.54) is 5.39 Å². The number of ether oxygens (including phenoxy) is 1. The maximum atomic E-state index is 11.8. The van der Waals surface area contributed by atoms with E-state index in [-0.39, 0.29) is 5.97 Å². The molecule has 0 spiro atoms. The van der Waals surface area contributed by atoms with Crippen LogP contribution in [-0.4, -0.2) is 23.1 Å². The summed E-state index contributed by atoms with van der Waals surface area (Å²) in [5, 5.41) is 4.42. The number of aromatic amines is 1. The normalized spacial score (nSPS) is 11.7. The Kier molecular flexibility index (Phi) is 3.90. The number of rotatable bonds is 5. The van der Waals surface area contributed by atoms with Gasteiger partial charge in [0.2, 0.25) is 0 Å². The molecule has 1 heterocycles. The first-order chi connectivity index (χ1) is 9.04. The van der Waals surface area contributed by atoms with E-state index in [0.717, 1.165) is 11.1 Å². The van der Waals surface area contributed by atoms with Gasteiger partial charge in [0.25, 0.3) is 0 Å². The van der Waals surface area contributed by atoms with Gasteiger partial charge in [0.05, 0.1) is 6.61 Å². The highest BCUT2D eigenvalue weighted by molar-refractivity contribution is 5.83. The number of para-hydroxylation sites is 1. The molecule has 0 aliphatic rings. The molecule has 2 N–H and O–H groups in total. The van der Waals surface area contributed by atoms with Gasteiger partial charge in [0.1, 0.15) is 5.54 Å². The summed E-state index contributed by atoms with van der Waals surface area (Å²) in [6.45, 7) is 6.50. The van der Waals surface area contributed by atoms with E-state index in [2.05, 4.69) is 16.4 Å². The van der Waals surface area contributed by atoms with Gasteiger partial charge in [-0.2, -0.15) is 0 Å². The summed E-state index contributed by atoms with van der Waals surface area (Å²) in [6, 6.07) is 8.12. The summed E-state index contributed by atoms with van der Waals surface area (Å²) in [6.07, 6.45) is 1.97. The summed E-state index contributed by atoms with van der Waals surface area (Å²) in [5.74, 6) is -0.227. The molecule has 0 unspecified atom stereocenters. The lowest BCUT2D eigenvalue weighted by Gasteiger charge is -2.23. The topological polar surface area (TPSA) is 54.1 Å². The monoisotopic (exact) mass is 260 g/mol. The Morgan fingerprint density at radius 2 is 2.11 bits per heavy atom. The van der Waals surface area contributed by atoms with Crippen molar-refractivity contribution in [3.63, 3.8) is 0 Å². The molecule has 0 aliphatic heterocycles. The first-order valence-electron chi connectivity index (χ1n) is 6.52. The van der Waals surface area contributed by atoms with Crippen molar-refractivity contribution in [3.8, 4) is 0 Å². The molecule has 1 aromatic heterocycles. The average Bonchev–Trinajstić information content (AvgIpc) is 2.80. The number of esters is 1. The van der Waals surface area contributed by atoms with Crippen LogP contribution in [0.15, 0.2) is 30.5 Å². The summed E-state index contributed by atoms with van der Waals surface area (Å²) in [5.41, 5.74) is 1.56. The maximum Gasteiger partial charge on any atom is 0.325 e. The summed E-state index contributed by atoms with van der Waals surface area (Å²) < 4.78 is 5.05. The van der Waals surface area contributed by atoms with Crippen LogP contribution in [-0.2, 0) is 16.1 Å². The summed E-state index contributed by atoms with van der Waals surface area (Å²) in [4.78, 5) is 15.0. The molecule has 4 heteroatoms. The Morgan fingerprint density at radius 3 is 2.84 bits per heavy atom. The molecule has 4 nitrogen and oxygen atoms in total. The SMILES string of the molecule is CCOC(=O)C(C)(C)NCc1c[nH]c2ccccc12. The molecular formula is C15H20N2O2. The molecule has 0 aliphatic carbocycles. The number of hydrogen-bond donors (Lipinski definition) is 2. The molecule has 2 aromatic rings. The zero-order chi connectivity index (χ0) is 13.9. The molecular weight excluding hydrogens is 240 g/mol. The van der Waals surface area contributed by atoms with Crippen LogP contribution >= 0.6 is 0 Å². The third-order valence-corrected chi connectivity index (χ3v) is 3.18. The number of carbonyl (C=O) groups is 1. The number of H-pyrrole nitrogens is 1. The second-order valence-corrected chi connectivity index (χ2v) is 5.06. The molecule has 102 valence electrons. The molecule has 19 heavy (non-hydrogen) atoms. The fraction of sp³-hybridized carbons (Fsp3) is 0.400. The molecule has 0 radical (unpaired) electrons. The van der Waals surface area contributed by atoms with Crippen molar-refractivity contribution in [1.29, 1.82) is 0 Å². The lowest BCUT2D eigenvalue weighted by atomic mass is 10.1. The van der Waals surface area contributed by atoms with Gasteiger partial charge in [-0.25, -0.2) is 0 Å². The fourth-order valence-corrected chi connectivity index (χ4v) is 1.98.